The molecule has 1 aromatic carbocycles. The van der Waals surface area contributed by atoms with Gasteiger partial charge in [-0.2, -0.15) is 0 Å². The van der Waals surface area contributed by atoms with Crippen LogP contribution in [0.15, 0.2) is 35.7 Å². The van der Waals surface area contributed by atoms with Gasteiger partial charge in [0.2, 0.25) is 0 Å². The minimum atomic E-state index is -0.351. The number of carbonyl (C=O) groups excluding carboxylic acids is 2. The zero-order valence-corrected chi connectivity index (χ0v) is 12.4. The van der Waals surface area contributed by atoms with Gasteiger partial charge in [-0.25, -0.2) is 9.78 Å². The second-order valence-corrected chi connectivity index (χ2v) is 5.05. The molecule has 0 aliphatic heterocycles. The summed E-state index contributed by atoms with van der Waals surface area (Å²) in [6, 6.07) is 9.24. The van der Waals surface area contributed by atoms with Crippen molar-refractivity contribution in [2.24, 2.45) is 0 Å². The summed E-state index contributed by atoms with van der Waals surface area (Å²) in [4.78, 5) is 27.4. The van der Waals surface area contributed by atoms with Gasteiger partial charge in [0.1, 0.15) is 5.69 Å². The summed E-state index contributed by atoms with van der Waals surface area (Å²) < 4.78 is 0. The number of carbonyl (C=O) groups is 2. The number of anilines is 1. The van der Waals surface area contributed by atoms with Gasteiger partial charge in [0, 0.05) is 18.5 Å². The molecule has 1 aromatic heterocycles. The topological polar surface area (TPSA) is 83.1 Å². The molecule has 1 heterocycles. The molecule has 0 radical (unpaired) electrons. The van der Waals surface area contributed by atoms with Gasteiger partial charge in [-0.3, -0.25) is 10.1 Å². The average Bonchev–Trinajstić information content (AvgIpc) is 2.95. The van der Waals surface area contributed by atoms with E-state index in [9.17, 15) is 9.59 Å². The number of thiazole rings is 1. The Balaban J connectivity index is 1.84. The lowest BCUT2D eigenvalue weighted by Crippen LogP contribution is -2.28. The van der Waals surface area contributed by atoms with E-state index in [0.717, 1.165) is 5.56 Å². The fourth-order valence-corrected chi connectivity index (χ4v) is 2.29. The van der Waals surface area contributed by atoms with Gasteiger partial charge in [0.15, 0.2) is 5.13 Å². The van der Waals surface area contributed by atoms with Crippen LogP contribution in [0.1, 0.15) is 23.0 Å². The van der Waals surface area contributed by atoms with E-state index in [0.29, 0.717) is 23.9 Å². The predicted molar refractivity (Wildman–Crippen MR) is 82.4 cm³/mol. The second kappa shape index (κ2) is 7.39. The molecule has 110 valence electrons. The van der Waals surface area contributed by atoms with Crippen molar-refractivity contribution in [1.82, 2.24) is 15.6 Å². The largest absolute Gasteiger partial charge is 0.351 e. The van der Waals surface area contributed by atoms with E-state index in [-0.39, 0.29) is 11.9 Å². The molecule has 0 unspecified atom stereocenters. The summed E-state index contributed by atoms with van der Waals surface area (Å²) in [5.41, 5.74) is 1.31. The van der Waals surface area contributed by atoms with Gasteiger partial charge in [0.25, 0.3) is 5.91 Å². The van der Waals surface area contributed by atoms with Crippen LogP contribution >= 0.6 is 11.3 Å². The highest BCUT2D eigenvalue weighted by Crippen LogP contribution is 2.15. The Labute approximate surface area is 126 Å². The van der Waals surface area contributed by atoms with Crippen LogP contribution in [0.4, 0.5) is 9.93 Å². The Morgan fingerprint density at radius 3 is 2.67 bits per heavy atom. The van der Waals surface area contributed by atoms with E-state index in [1.807, 2.05) is 37.3 Å². The quantitative estimate of drug-likeness (QED) is 0.792. The van der Waals surface area contributed by atoms with Crippen molar-refractivity contribution in [2.45, 2.75) is 13.5 Å². The van der Waals surface area contributed by atoms with Crippen LogP contribution < -0.4 is 16.0 Å². The first-order chi connectivity index (χ1) is 10.2. The van der Waals surface area contributed by atoms with Crippen molar-refractivity contribution in [3.8, 4) is 0 Å². The van der Waals surface area contributed by atoms with Crippen molar-refractivity contribution in [3.63, 3.8) is 0 Å². The van der Waals surface area contributed by atoms with Gasteiger partial charge in [-0.15, -0.1) is 11.3 Å². The maximum absolute atomic E-state index is 11.7. The third-order valence-electron chi connectivity index (χ3n) is 2.59. The summed E-state index contributed by atoms with van der Waals surface area (Å²) >= 11 is 1.21. The Morgan fingerprint density at radius 2 is 1.95 bits per heavy atom. The van der Waals surface area contributed by atoms with Crippen molar-refractivity contribution < 1.29 is 9.59 Å². The Morgan fingerprint density at radius 1 is 1.19 bits per heavy atom. The number of urea groups is 1. The summed E-state index contributed by atoms with van der Waals surface area (Å²) in [6.07, 6.45) is 0. The molecule has 0 atom stereocenters. The lowest BCUT2D eigenvalue weighted by atomic mass is 10.2. The number of rotatable bonds is 5. The second-order valence-electron chi connectivity index (χ2n) is 4.19. The van der Waals surface area contributed by atoms with Crippen LogP contribution in [0, 0.1) is 0 Å². The lowest BCUT2D eigenvalue weighted by Gasteiger charge is -2.05. The smallest absolute Gasteiger partial charge is 0.321 e. The van der Waals surface area contributed by atoms with Crippen LogP contribution in [0.2, 0.25) is 0 Å². The Bertz CT molecular complexity index is 612. The first kappa shape index (κ1) is 15.0. The normalized spacial score (nSPS) is 9.95. The molecule has 0 fully saturated rings. The van der Waals surface area contributed by atoms with Crippen LogP contribution in [0.25, 0.3) is 0 Å². The van der Waals surface area contributed by atoms with E-state index in [1.54, 1.807) is 5.38 Å². The van der Waals surface area contributed by atoms with Crippen molar-refractivity contribution in [1.29, 1.82) is 0 Å². The summed E-state index contributed by atoms with van der Waals surface area (Å²) in [6.45, 7) is 2.80. The number of aromatic nitrogens is 1. The zero-order valence-electron chi connectivity index (χ0n) is 11.6. The maximum Gasteiger partial charge on any atom is 0.321 e. The van der Waals surface area contributed by atoms with E-state index in [1.165, 1.54) is 11.3 Å². The van der Waals surface area contributed by atoms with E-state index < -0.39 is 0 Å². The molecular weight excluding hydrogens is 288 g/mol. The van der Waals surface area contributed by atoms with E-state index in [4.69, 9.17) is 0 Å². The van der Waals surface area contributed by atoms with Crippen molar-refractivity contribution in [2.75, 3.05) is 11.9 Å². The molecule has 0 aliphatic carbocycles. The number of hydrogen-bond donors (Lipinski definition) is 3. The monoisotopic (exact) mass is 304 g/mol. The van der Waals surface area contributed by atoms with Crippen LogP contribution in [0.3, 0.4) is 0 Å². The fraction of sp³-hybridized carbons (Fsp3) is 0.214. The van der Waals surface area contributed by atoms with Gasteiger partial charge in [0.05, 0.1) is 0 Å². The van der Waals surface area contributed by atoms with Crippen LogP contribution in [-0.4, -0.2) is 23.5 Å². The number of nitrogens with one attached hydrogen (secondary N) is 3. The SMILES string of the molecule is CCNC(=O)c1csc(NC(=O)NCc2ccccc2)n1. The molecule has 2 aromatic rings. The third kappa shape index (κ3) is 4.57. The number of nitrogens with zero attached hydrogens (tertiary/aromatic N) is 1. The first-order valence-electron chi connectivity index (χ1n) is 6.51. The Kier molecular flexibility index (Phi) is 5.28. The van der Waals surface area contributed by atoms with Gasteiger partial charge < -0.3 is 10.6 Å². The lowest BCUT2D eigenvalue weighted by molar-refractivity contribution is 0.0951. The van der Waals surface area contributed by atoms with Gasteiger partial charge in [-0.1, -0.05) is 30.3 Å². The molecule has 0 saturated carbocycles. The third-order valence-corrected chi connectivity index (χ3v) is 3.35. The molecule has 0 saturated heterocycles. The molecule has 3 N–H and O–H groups in total. The molecule has 0 bridgehead atoms. The fourth-order valence-electron chi connectivity index (χ4n) is 1.61. The molecule has 0 spiro atoms. The average molecular weight is 304 g/mol. The predicted octanol–water partition coefficient (Wildman–Crippen LogP) is 2.21. The highest BCUT2D eigenvalue weighted by molar-refractivity contribution is 7.14. The van der Waals surface area contributed by atoms with Crippen LogP contribution in [0.5, 0.6) is 0 Å². The Hall–Kier alpha value is -2.41. The highest BCUT2D eigenvalue weighted by Gasteiger charge is 2.11. The summed E-state index contributed by atoms with van der Waals surface area (Å²) in [7, 11) is 0. The summed E-state index contributed by atoms with van der Waals surface area (Å²) in [5, 5.41) is 9.99. The number of amides is 3. The molecule has 6 nitrogen and oxygen atoms in total. The molecule has 2 rings (SSSR count). The first-order valence-corrected chi connectivity index (χ1v) is 7.39. The van der Waals surface area contributed by atoms with Crippen molar-refractivity contribution >= 4 is 28.4 Å². The maximum atomic E-state index is 11.7. The number of benzene rings is 1. The minimum absolute atomic E-state index is 0.244. The van der Waals surface area contributed by atoms with Gasteiger partial charge >= 0.3 is 6.03 Å². The molecular formula is C14H16N4O2S. The van der Waals surface area contributed by atoms with Gasteiger partial charge in [-0.05, 0) is 12.5 Å². The minimum Gasteiger partial charge on any atom is -0.351 e. The van der Waals surface area contributed by atoms with E-state index >= 15 is 0 Å². The molecule has 0 aliphatic rings. The van der Waals surface area contributed by atoms with Crippen molar-refractivity contribution in [3.05, 3.63) is 47.0 Å². The standard InChI is InChI=1S/C14H16N4O2S/c1-2-15-12(19)11-9-21-14(17-11)18-13(20)16-8-10-6-4-3-5-7-10/h3-7,9H,2,8H2,1H3,(H,15,19)(H2,16,17,18,20). The van der Waals surface area contributed by atoms with Crippen LogP contribution in [-0.2, 0) is 6.54 Å². The summed E-state index contributed by atoms with van der Waals surface area (Å²) in [5.74, 6) is -0.244. The highest BCUT2D eigenvalue weighted by atomic mass is 32.1. The molecule has 21 heavy (non-hydrogen) atoms. The molecule has 3 amide bonds. The molecule has 7 heteroatoms. The van der Waals surface area contributed by atoms with E-state index in [2.05, 4.69) is 20.9 Å². The number of hydrogen-bond acceptors (Lipinski definition) is 4. The zero-order chi connectivity index (χ0) is 15.1.